The van der Waals surface area contributed by atoms with Crippen LogP contribution < -0.4 is 10.6 Å². The molecule has 116 valence electrons. The second-order valence-corrected chi connectivity index (χ2v) is 5.97. The molecule has 0 spiro atoms. The molecule has 0 aliphatic heterocycles. The monoisotopic (exact) mass is 286 g/mol. The van der Waals surface area contributed by atoms with Gasteiger partial charge in [-0.2, -0.15) is 0 Å². The highest BCUT2D eigenvalue weighted by atomic mass is 16.5. The van der Waals surface area contributed by atoms with E-state index in [1.165, 1.54) is 0 Å². The number of hydrogen-bond donors (Lipinski definition) is 3. The van der Waals surface area contributed by atoms with Crippen LogP contribution in [0.4, 0.5) is 4.79 Å². The van der Waals surface area contributed by atoms with Crippen LogP contribution in [0.15, 0.2) is 0 Å². The van der Waals surface area contributed by atoms with Gasteiger partial charge in [-0.15, -0.1) is 0 Å². The number of rotatable bonds is 6. The Kier molecular flexibility index (Phi) is 6.26. The first-order valence-electron chi connectivity index (χ1n) is 7.18. The van der Waals surface area contributed by atoms with Crippen LogP contribution in [0.5, 0.6) is 0 Å². The first-order chi connectivity index (χ1) is 9.39. The molecular weight excluding hydrogens is 260 g/mol. The number of methoxy groups -OCH3 is 1. The molecule has 0 aromatic heterocycles. The zero-order chi connectivity index (χ0) is 15.2. The van der Waals surface area contributed by atoms with E-state index in [2.05, 4.69) is 17.6 Å². The molecule has 0 radical (unpaired) electrons. The SMILES string of the molecule is COCC(C)CNC(=O)NC1(C(=O)O)CCC(C)CC1. The van der Waals surface area contributed by atoms with Gasteiger partial charge in [-0.1, -0.05) is 13.8 Å². The zero-order valence-electron chi connectivity index (χ0n) is 12.6. The van der Waals surface area contributed by atoms with Crippen LogP contribution >= 0.6 is 0 Å². The number of hydrogen-bond acceptors (Lipinski definition) is 3. The molecule has 0 aromatic rings. The second-order valence-electron chi connectivity index (χ2n) is 5.97. The van der Waals surface area contributed by atoms with E-state index < -0.39 is 17.5 Å². The molecule has 0 saturated heterocycles. The fraction of sp³-hybridized carbons (Fsp3) is 0.857. The second kappa shape index (κ2) is 7.47. The third-order valence-electron chi connectivity index (χ3n) is 3.95. The number of carboxylic acids is 1. The van der Waals surface area contributed by atoms with Crippen molar-refractivity contribution in [2.75, 3.05) is 20.3 Å². The minimum atomic E-state index is -1.11. The summed E-state index contributed by atoms with van der Waals surface area (Å²) in [6, 6.07) is -0.412. The number of carboxylic acid groups (broad SMARTS) is 1. The smallest absolute Gasteiger partial charge is 0.329 e. The molecule has 0 aromatic carbocycles. The van der Waals surface area contributed by atoms with Crippen molar-refractivity contribution in [2.24, 2.45) is 11.8 Å². The summed E-state index contributed by atoms with van der Waals surface area (Å²) in [5.74, 6) is -0.226. The van der Waals surface area contributed by atoms with Crippen LogP contribution in [-0.4, -0.2) is 42.9 Å². The van der Waals surface area contributed by atoms with Gasteiger partial charge in [0.2, 0.25) is 0 Å². The number of urea groups is 1. The van der Waals surface area contributed by atoms with E-state index in [1.807, 2.05) is 6.92 Å². The first-order valence-corrected chi connectivity index (χ1v) is 7.18. The predicted molar refractivity (Wildman–Crippen MR) is 75.6 cm³/mol. The molecule has 1 rings (SSSR count). The molecule has 0 bridgehead atoms. The van der Waals surface area contributed by atoms with Gasteiger partial charge < -0.3 is 20.5 Å². The molecule has 1 fully saturated rings. The fourth-order valence-electron chi connectivity index (χ4n) is 2.52. The summed E-state index contributed by atoms with van der Waals surface area (Å²) in [7, 11) is 1.61. The van der Waals surface area contributed by atoms with E-state index >= 15 is 0 Å². The van der Waals surface area contributed by atoms with Crippen molar-refractivity contribution < 1.29 is 19.4 Å². The van der Waals surface area contributed by atoms with Crippen molar-refractivity contribution in [3.63, 3.8) is 0 Å². The van der Waals surface area contributed by atoms with E-state index in [1.54, 1.807) is 7.11 Å². The number of carbonyl (C=O) groups is 2. The Morgan fingerprint density at radius 2 is 2.00 bits per heavy atom. The molecule has 6 nitrogen and oxygen atoms in total. The largest absolute Gasteiger partial charge is 0.480 e. The first kappa shape index (κ1) is 16.8. The Balaban J connectivity index is 2.50. The minimum Gasteiger partial charge on any atom is -0.480 e. The van der Waals surface area contributed by atoms with Gasteiger partial charge in [-0.3, -0.25) is 0 Å². The van der Waals surface area contributed by atoms with Gasteiger partial charge in [-0.25, -0.2) is 9.59 Å². The molecule has 0 heterocycles. The van der Waals surface area contributed by atoms with Crippen LogP contribution in [0.3, 0.4) is 0 Å². The summed E-state index contributed by atoms with van der Waals surface area (Å²) in [5, 5.41) is 14.8. The molecule has 6 heteroatoms. The maximum Gasteiger partial charge on any atom is 0.329 e. The van der Waals surface area contributed by atoms with E-state index in [4.69, 9.17) is 4.74 Å². The molecule has 1 aliphatic carbocycles. The summed E-state index contributed by atoms with van der Waals surface area (Å²) in [5.41, 5.74) is -1.11. The standard InChI is InChI=1S/C14H26N2O4/c1-10-4-6-14(7-5-10,12(17)18)16-13(19)15-8-11(2)9-20-3/h10-11H,4-9H2,1-3H3,(H,17,18)(H2,15,16,19). The quantitative estimate of drug-likeness (QED) is 0.692. The Morgan fingerprint density at radius 3 is 2.50 bits per heavy atom. The maximum absolute atomic E-state index is 11.9. The molecule has 1 atom stereocenters. The molecule has 3 N–H and O–H groups in total. The molecule has 1 aliphatic rings. The average Bonchev–Trinajstić information content (AvgIpc) is 2.39. The highest BCUT2D eigenvalue weighted by molar-refractivity contribution is 5.86. The Labute approximate surface area is 120 Å². The van der Waals surface area contributed by atoms with Crippen LogP contribution in [0.2, 0.25) is 0 Å². The van der Waals surface area contributed by atoms with Crippen molar-refractivity contribution in [2.45, 2.75) is 45.1 Å². The van der Waals surface area contributed by atoms with E-state index in [0.717, 1.165) is 12.8 Å². The van der Waals surface area contributed by atoms with Crippen LogP contribution in [0.1, 0.15) is 39.5 Å². The van der Waals surface area contributed by atoms with Gasteiger partial charge in [0.05, 0.1) is 6.61 Å². The summed E-state index contributed by atoms with van der Waals surface area (Å²) >= 11 is 0. The molecule has 20 heavy (non-hydrogen) atoms. The van der Waals surface area contributed by atoms with Gasteiger partial charge in [0.1, 0.15) is 5.54 Å². The Hall–Kier alpha value is -1.30. The minimum absolute atomic E-state index is 0.193. The number of ether oxygens (including phenoxy) is 1. The number of carbonyl (C=O) groups excluding carboxylic acids is 1. The van der Waals surface area contributed by atoms with Gasteiger partial charge in [0.25, 0.3) is 0 Å². The molecule has 1 unspecified atom stereocenters. The summed E-state index contributed by atoms with van der Waals surface area (Å²) in [6.45, 7) is 5.09. The topological polar surface area (TPSA) is 87.7 Å². The third kappa shape index (κ3) is 4.67. The fourth-order valence-corrected chi connectivity index (χ4v) is 2.52. The molecule has 2 amide bonds. The Morgan fingerprint density at radius 1 is 1.40 bits per heavy atom. The predicted octanol–water partition coefficient (Wildman–Crippen LogP) is 1.60. The van der Waals surface area contributed by atoms with E-state index in [-0.39, 0.29) is 5.92 Å². The highest BCUT2D eigenvalue weighted by Crippen LogP contribution is 2.32. The van der Waals surface area contributed by atoms with E-state index in [9.17, 15) is 14.7 Å². The van der Waals surface area contributed by atoms with Crippen LogP contribution in [0.25, 0.3) is 0 Å². The third-order valence-corrected chi connectivity index (χ3v) is 3.95. The van der Waals surface area contributed by atoms with Crippen molar-refractivity contribution in [1.29, 1.82) is 0 Å². The van der Waals surface area contributed by atoms with Gasteiger partial charge >= 0.3 is 12.0 Å². The van der Waals surface area contributed by atoms with Crippen molar-refractivity contribution in [1.82, 2.24) is 10.6 Å². The lowest BCUT2D eigenvalue weighted by atomic mass is 9.77. The highest BCUT2D eigenvalue weighted by Gasteiger charge is 2.42. The Bertz CT molecular complexity index is 338. The van der Waals surface area contributed by atoms with Gasteiger partial charge in [-0.05, 0) is 37.5 Å². The van der Waals surface area contributed by atoms with Gasteiger partial charge in [0.15, 0.2) is 0 Å². The van der Waals surface area contributed by atoms with Crippen LogP contribution in [-0.2, 0) is 9.53 Å². The lowest BCUT2D eigenvalue weighted by Gasteiger charge is -2.36. The summed E-state index contributed by atoms with van der Waals surface area (Å²) < 4.78 is 4.99. The van der Waals surface area contributed by atoms with Crippen LogP contribution in [0, 0.1) is 11.8 Å². The average molecular weight is 286 g/mol. The number of nitrogens with one attached hydrogen (secondary N) is 2. The molecule has 1 saturated carbocycles. The number of aliphatic carboxylic acids is 1. The number of amides is 2. The lowest BCUT2D eigenvalue weighted by Crippen LogP contribution is -2.58. The molecular formula is C14H26N2O4. The van der Waals surface area contributed by atoms with Crippen molar-refractivity contribution in [3.05, 3.63) is 0 Å². The summed E-state index contributed by atoms with van der Waals surface area (Å²) in [6.07, 6.45) is 2.63. The van der Waals surface area contributed by atoms with Crippen molar-refractivity contribution in [3.8, 4) is 0 Å². The van der Waals surface area contributed by atoms with Gasteiger partial charge in [0, 0.05) is 13.7 Å². The zero-order valence-corrected chi connectivity index (χ0v) is 12.6. The normalized spacial score (nSPS) is 27.6. The van der Waals surface area contributed by atoms with E-state index in [0.29, 0.717) is 31.9 Å². The van der Waals surface area contributed by atoms with Crippen molar-refractivity contribution >= 4 is 12.0 Å². The summed E-state index contributed by atoms with van der Waals surface area (Å²) in [4.78, 5) is 23.4. The lowest BCUT2D eigenvalue weighted by molar-refractivity contribution is -0.146. The maximum atomic E-state index is 11.9.